The first-order valence-corrected chi connectivity index (χ1v) is 7.78. The molecule has 17 heavy (non-hydrogen) atoms. The second-order valence-corrected chi connectivity index (χ2v) is 6.57. The minimum Gasteiger partial charge on any atom is -0.312 e. The van der Waals surface area contributed by atoms with Gasteiger partial charge in [0.15, 0.2) is 0 Å². The molecule has 3 saturated carbocycles. The van der Waals surface area contributed by atoms with Crippen LogP contribution in [0.15, 0.2) is 0 Å². The van der Waals surface area contributed by atoms with Crippen molar-refractivity contribution in [3.63, 3.8) is 0 Å². The van der Waals surface area contributed by atoms with Crippen LogP contribution in [0, 0.1) is 11.8 Å². The molecule has 0 aromatic rings. The van der Waals surface area contributed by atoms with Gasteiger partial charge in [0.25, 0.3) is 0 Å². The van der Waals surface area contributed by atoms with Gasteiger partial charge in [0.05, 0.1) is 0 Å². The van der Waals surface area contributed by atoms with Crippen LogP contribution < -0.4 is 5.32 Å². The number of likely N-dealkylation sites (N-methyl/N-ethyl adjacent to an activating group) is 1. The van der Waals surface area contributed by atoms with E-state index in [1.165, 1.54) is 64.5 Å². The smallest absolute Gasteiger partial charge is 0.0124 e. The Bertz CT molecular complexity index is 227. The highest BCUT2D eigenvalue weighted by Crippen LogP contribution is 2.44. The molecule has 2 nitrogen and oxygen atoms in total. The Balaban J connectivity index is 1.35. The maximum atomic E-state index is 3.86. The molecular weight excluding hydrogens is 208 g/mol. The Hall–Kier alpha value is -0.0800. The average molecular weight is 236 g/mol. The van der Waals surface area contributed by atoms with E-state index in [0.29, 0.717) is 0 Å². The quantitative estimate of drug-likeness (QED) is 0.731. The minimum atomic E-state index is 0.881. The molecule has 0 aliphatic heterocycles. The molecular formula is C15H28N2. The van der Waals surface area contributed by atoms with Crippen molar-refractivity contribution in [1.82, 2.24) is 10.2 Å². The fourth-order valence-corrected chi connectivity index (χ4v) is 3.56. The van der Waals surface area contributed by atoms with Crippen molar-refractivity contribution < 1.29 is 0 Å². The molecule has 0 unspecified atom stereocenters. The number of hydrogen-bond acceptors (Lipinski definition) is 2. The van der Waals surface area contributed by atoms with E-state index in [1.54, 1.807) is 0 Å². The van der Waals surface area contributed by atoms with Crippen LogP contribution in [0.4, 0.5) is 0 Å². The summed E-state index contributed by atoms with van der Waals surface area (Å²) in [5.74, 6) is 2.08. The molecule has 0 bridgehead atoms. The largest absolute Gasteiger partial charge is 0.312 e. The zero-order chi connectivity index (χ0) is 11.7. The molecule has 1 N–H and O–H groups in total. The van der Waals surface area contributed by atoms with Crippen LogP contribution in [0.3, 0.4) is 0 Å². The van der Waals surface area contributed by atoms with Gasteiger partial charge in [-0.05, 0) is 57.4 Å². The zero-order valence-corrected chi connectivity index (χ0v) is 11.3. The highest BCUT2D eigenvalue weighted by molar-refractivity contribution is 4.96. The second kappa shape index (κ2) is 5.27. The third-order valence-corrected chi connectivity index (χ3v) is 5.05. The van der Waals surface area contributed by atoms with Crippen molar-refractivity contribution in [1.29, 1.82) is 0 Å². The SMILES string of the molecule is CN(CCNC(C1CC1)C1CC1)C1CCCC1. The fraction of sp³-hybridized carbons (Fsp3) is 1.00. The Morgan fingerprint density at radius 3 is 2.12 bits per heavy atom. The van der Waals surface area contributed by atoms with Crippen LogP contribution in [0.5, 0.6) is 0 Å². The minimum absolute atomic E-state index is 0.881. The van der Waals surface area contributed by atoms with Crippen molar-refractivity contribution in [3.8, 4) is 0 Å². The highest BCUT2D eigenvalue weighted by Gasteiger charge is 2.40. The fourth-order valence-electron chi connectivity index (χ4n) is 3.56. The monoisotopic (exact) mass is 236 g/mol. The van der Waals surface area contributed by atoms with Gasteiger partial charge in [-0.2, -0.15) is 0 Å². The summed E-state index contributed by atoms with van der Waals surface area (Å²) < 4.78 is 0. The van der Waals surface area contributed by atoms with Crippen LogP contribution >= 0.6 is 0 Å². The first kappa shape index (κ1) is 12.0. The van der Waals surface area contributed by atoms with Gasteiger partial charge in [0.2, 0.25) is 0 Å². The van der Waals surface area contributed by atoms with Crippen molar-refractivity contribution in [2.75, 3.05) is 20.1 Å². The predicted molar refractivity (Wildman–Crippen MR) is 72.1 cm³/mol. The van der Waals surface area contributed by atoms with Crippen LogP contribution in [0.25, 0.3) is 0 Å². The Kier molecular flexibility index (Phi) is 3.72. The molecule has 0 saturated heterocycles. The standard InChI is InChI=1S/C15H28N2/c1-17(14-4-2-3-5-14)11-10-16-15(12-6-7-12)13-8-9-13/h12-16H,2-11H2,1H3. The highest BCUT2D eigenvalue weighted by atomic mass is 15.1. The Morgan fingerprint density at radius 2 is 1.59 bits per heavy atom. The van der Waals surface area contributed by atoms with E-state index in [2.05, 4.69) is 17.3 Å². The van der Waals surface area contributed by atoms with Crippen molar-refractivity contribution >= 4 is 0 Å². The molecule has 0 atom stereocenters. The summed E-state index contributed by atoms with van der Waals surface area (Å²) in [7, 11) is 2.32. The van der Waals surface area contributed by atoms with E-state index in [0.717, 1.165) is 23.9 Å². The van der Waals surface area contributed by atoms with E-state index in [4.69, 9.17) is 0 Å². The van der Waals surface area contributed by atoms with Crippen molar-refractivity contribution in [2.45, 2.75) is 63.5 Å². The molecule has 0 heterocycles. The molecule has 0 aromatic heterocycles. The summed E-state index contributed by atoms with van der Waals surface area (Å²) in [5, 5.41) is 3.86. The van der Waals surface area contributed by atoms with Crippen LogP contribution in [0.1, 0.15) is 51.4 Å². The molecule has 0 amide bonds. The normalized spacial score (nSPS) is 26.3. The molecule has 3 rings (SSSR count). The van der Waals surface area contributed by atoms with Crippen molar-refractivity contribution in [2.24, 2.45) is 11.8 Å². The van der Waals surface area contributed by atoms with E-state index in [-0.39, 0.29) is 0 Å². The Labute approximate surface area is 106 Å². The lowest BCUT2D eigenvalue weighted by atomic mass is 10.1. The second-order valence-electron chi connectivity index (χ2n) is 6.57. The van der Waals surface area contributed by atoms with Crippen molar-refractivity contribution in [3.05, 3.63) is 0 Å². The third-order valence-electron chi connectivity index (χ3n) is 5.05. The van der Waals surface area contributed by atoms with Gasteiger partial charge in [-0.25, -0.2) is 0 Å². The lowest BCUT2D eigenvalue weighted by Gasteiger charge is -2.26. The van der Waals surface area contributed by atoms with Gasteiger partial charge in [0.1, 0.15) is 0 Å². The first-order chi connectivity index (χ1) is 8.34. The van der Waals surface area contributed by atoms with Gasteiger partial charge in [0, 0.05) is 25.2 Å². The van der Waals surface area contributed by atoms with Crippen LogP contribution in [-0.4, -0.2) is 37.1 Å². The third kappa shape index (κ3) is 3.23. The maximum absolute atomic E-state index is 3.86. The maximum Gasteiger partial charge on any atom is 0.0124 e. The molecule has 2 heteroatoms. The molecule has 0 aromatic carbocycles. The van der Waals surface area contributed by atoms with E-state index >= 15 is 0 Å². The summed E-state index contributed by atoms with van der Waals surface area (Å²) >= 11 is 0. The summed E-state index contributed by atoms with van der Waals surface area (Å²) in [6.45, 7) is 2.46. The number of rotatable bonds is 7. The van der Waals surface area contributed by atoms with Gasteiger partial charge < -0.3 is 10.2 Å². The molecule has 0 spiro atoms. The van der Waals surface area contributed by atoms with Crippen LogP contribution in [-0.2, 0) is 0 Å². The van der Waals surface area contributed by atoms with E-state index < -0.39 is 0 Å². The summed E-state index contributed by atoms with van der Waals surface area (Å²) in [5.41, 5.74) is 0. The molecule has 98 valence electrons. The van der Waals surface area contributed by atoms with Crippen LogP contribution in [0.2, 0.25) is 0 Å². The Morgan fingerprint density at radius 1 is 1.00 bits per heavy atom. The predicted octanol–water partition coefficient (Wildman–Crippen LogP) is 2.64. The summed E-state index contributed by atoms with van der Waals surface area (Å²) in [6.07, 6.45) is 11.7. The molecule has 3 aliphatic carbocycles. The number of nitrogens with one attached hydrogen (secondary N) is 1. The van der Waals surface area contributed by atoms with Gasteiger partial charge in [-0.15, -0.1) is 0 Å². The number of hydrogen-bond donors (Lipinski definition) is 1. The van der Waals surface area contributed by atoms with Gasteiger partial charge >= 0.3 is 0 Å². The average Bonchev–Trinajstić information content (AvgIpc) is 3.25. The topological polar surface area (TPSA) is 15.3 Å². The van der Waals surface area contributed by atoms with Gasteiger partial charge in [-0.1, -0.05) is 12.8 Å². The molecule has 0 radical (unpaired) electrons. The van der Waals surface area contributed by atoms with E-state index in [9.17, 15) is 0 Å². The van der Waals surface area contributed by atoms with Gasteiger partial charge in [-0.3, -0.25) is 0 Å². The first-order valence-electron chi connectivity index (χ1n) is 7.78. The molecule has 3 aliphatic rings. The summed E-state index contributed by atoms with van der Waals surface area (Å²) in [4.78, 5) is 2.59. The van der Waals surface area contributed by atoms with E-state index in [1.807, 2.05) is 0 Å². The summed E-state index contributed by atoms with van der Waals surface area (Å²) in [6, 6.07) is 1.77. The zero-order valence-electron chi connectivity index (χ0n) is 11.3. The lowest BCUT2D eigenvalue weighted by Crippen LogP contribution is -2.40. The molecule has 3 fully saturated rings. The lowest BCUT2D eigenvalue weighted by molar-refractivity contribution is 0.238. The number of nitrogens with zero attached hydrogens (tertiary/aromatic N) is 1.